The van der Waals surface area contributed by atoms with Crippen LogP contribution in [0.3, 0.4) is 0 Å². The molecule has 6 nitrogen and oxygen atoms in total. The number of carbonyl (C=O) groups is 1. The first-order valence-electron chi connectivity index (χ1n) is 8.94. The fourth-order valence-corrected chi connectivity index (χ4v) is 3.67. The zero-order chi connectivity index (χ0) is 19.0. The number of rotatable bonds is 3. The number of H-pyrrole nitrogens is 2. The second-order valence-electron chi connectivity index (χ2n) is 6.82. The Bertz CT molecular complexity index is 1140. The Morgan fingerprint density at radius 3 is 2.63 bits per heavy atom. The van der Waals surface area contributed by atoms with E-state index in [1.807, 2.05) is 19.1 Å². The largest absolute Gasteiger partial charge is 0.372 e. The first kappa shape index (κ1) is 17.5. The Labute approximate surface area is 161 Å². The van der Waals surface area contributed by atoms with Crippen molar-refractivity contribution >= 4 is 40.4 Å². The zero-order valence-corrected chi connectivity index (χ0v) is 15.8. The maximum absolute atomic E-state index is 12.7. The Morgan fingerprint density at radius 1 is 1.11 bits per heavy atom. The van der Waals surface area contributed by atoms with E-state index < -0.39 is 0 Å². The number of amides is 1. The Hall–Kier alpha value is -2.93. The molecule has 2 aromatic carbocycles. The van der Waals surface area contributed by atoms with E-state index in [-0.39, 0.29) is 16.2 Å². The molecule has 27 heavy (non-hydrogen) atoms. The molecule has 0 radical (unpaired) electrons. The maximum Gasteiger partial charge on any atom is 0.259 e. The lowest BCUT2D eigenvalue weighted by Gasteiger charge is -2.19. The molecule has 0 spiro atoms. The summed E-state index contributed by atoms with van der Waals surface area (Å²) in [6.07, 6.45) is 2.46. The average molecular weight is 380 g/mol. The van der Waals surface area contributed by atoms with E-state index in [9.17, 15) is 9.59 Å². The van der Waals surface area contributed by atoms with Crippen molar-refractivity contribution in [1.29, 1.82) is 0 Å². The van der Waals surface area contributed by atoms with Crippen molar-refractivity contribution in [2.75, 3.05) is 23.3 Å². The number of benzene rings is 2. The highest BCUT2D eigenvalue weighted by atomic mass is 32.1. The van der Waals surface area contributed by atoms with Crippen LogP contribution in [0.25, 0.3) is 10.9 Å². The molecular formula is C20H20N4O2S. The van der Waals surface area contributed by atoms with Crippen LogP contribution in [0.4, 0.5) is 11.4 Å². The molecule has 0 bridgehead atoms. The van der Waals surface area contributed by atoms with Gasteiger partial charge in [0.1, 0.15) is 0 Å². The van der Waals surface area contributed by atoms with Gasteiger partial charge in [0.25, 0.3) is 11.5 Å². The second kappa shape index (κ2) is 7.00. The quantitative estimate of drug-likeness (QED) is 0.605. The third-order valence-corrected chi connectivity index (χ3v) is 5.14. The standard InChI is InChI=1S/C20H20N4O2S/c1-12-10-14(24-8-2-3-9-24)5-7-16(12)21-18(25)13-4-6-15-17(11-13)22-20(27)23-19(15)26/h4-7,10-11H,2-3,8-9H2,1H3,(H,21,25)(H2,22,23,26,27). The van der Waals surface area contributed by atoms with Crippen molar-refractivity contribution < 1.29 is 4.79 Å². The average Bonchev–Trinajstić information content (AvgIpc) is 3.17. The van der Waals surface area contributed by atoms with Gasteiger partial charge in [0, 0.05) is 30.0 Å². The summed E-state index contributed by atoms with van der Waals surface area (Å²) in [5.41, 5.74) is 3.72. The van der Waals surface area contributed by atoms with Crippen LogP contribution >= 0.6 is 12.2 Å². The predicted molar refractivity (Wildman–Crippen MR) is 110 cm³/mol. The lowest BCUT2D eigenvalue weighted by Crippen LogP contribution is -2.18. The molecule has 2 heterocycles. The topological polar surface area (TPSA) is 81.0 Å². The summed E-state index contributed by atoms with van der Waals surface area (Å²) in [5, 5.41) is 3.42. The number of aromatic nitrogens is 2. The van der Waals surface area contributed by atoms with Gasteiger partial charge < -0.3 is 15.2 Å². The number of nitrogens with zero attached hydrogens (tertiary/aromatic N) is 1. The summed E-state index contributed by atoms with van der Waals surface area (Å²) in [5.74, 6) is -0.228. The summed E-state index contributed by atoms with van der Waals surface area (Å²) in [6, 6.07) is 11.0. The molecule has 1 aromatic heterocycles. The van der Waals surface area contributed by atoms with Crippen molar-refractivity contribution in [2.45, 2.75) is 19.8 Å². The molecular weight excluding hydrogens is 360 g/mol. The third-order valence-electron chi connectivity index (χ3n) is 4.93. The molecule has 1 fully saturated rings. The third kappa shape index (κ3) is 3.50. The van der Waals surface area contributed by atoms with E-state index in [2.05, 4.69) is 26.3 Å². The molecule has 0 aliphatic carbocycles. The SMILES string of the molecule is Cc1cc(N2CCCC2)ccc1NC(=O)c1ccc2c(=O)[nH]c(=S)[nH]c2c1. The minimum atomic E-state index is -0.269. The maximum atomic E-state index is 12.7. The number of nitrogens with one attached hydrogen (secondary N) is 3. The van der Waals surface area contributed by atoms with E-state index >= 15 is 0 Å². The molecule has 1 saturated heterocycles. The molecule has 138 valence electrons. The summed E-state index contributed by atoms with van der Waals surface area (Å²) < 4.78 is 0.235. The molecule has 0 unspecified atom stereocenters. The number of fused-ring (bicyclic) bond motifs is 1. The van der Waals surface area contributed by atoms with Gasteiger partial charge in [-0.1, -0.05) is 0 Å². The molecule has 3 aromatic rings. The zero-order valence-electron chi connectivity index (χ0n) is 15.0. The van der Waals surface area contributed by atoms with Crippen LogP contribution in [-0.4, -0.2) is 29.0 Å². The lowest BCUT2D eigenvalue weighted by atomic mass is 10.1. The Balaban J connectivity index is 1.59. The van der Waals surface area contributed by atoms with Gasteiger partial charge >= 0.3 is 0 Å². The summed E-state index contributed by atoms with van der Waals surface area (Å²) in [6.45, 7) is 4.16. The highest BCUT2D eigenvalue weighted by Crippen LogP contribution is 2.26. The van der Waals surface area contributed by atoms with Crippen molar-refractivity contribution in [3.63, 3.8) is 0 Å². The van der Waals surface area contributed by atoms with Crippen LogP contribution in [0.5, 0.6) is 0 Å². The lowest BCUT2D eigenvalue weighted by molar-refractivity contribution is 0.102. The van der Waals surface area contributed by atoms with E-state index in [0.717, 1.165) is 24.3 Å². The molecule has 4 rings (SSSR count). The molecule has 1 aliphatic heterocycles. The normalized spacial score (nSPS) is 13.9. The van der Waals surface area contributed by atoms with Gasteiger partial charge in [-0.15, -0.1) is 0 Å². The molecule has 0 saturated carbocycles. The highest BCUT2D eigenvalue weighted by Gasteiger charge is 2.14. The Morgan fingerprint density at radius 2 is 1.89 bits per heavy atom. The minimum absolute atomic E-state index is 0.228. The van der Waals surface area contributed by atoms with Crippen molar-refractivity contribution in [1.82, 2.24) is 9.97 Å². The number of hydrogen-bond acceptors (Lipinski definition) is 4. The van der Waals surface area contributed by atoms with E-state index in [1.165, 1.54) is 18.5 Å². The Kier molecular flexibility index (Phi) is 4.53. The van der Waals surface area contributed by atoms with Crippen LogP contribution in [0, 0.1) is 11.7 Å². The number of aromatic amines is 2. The van der Waals surface area contributed by atoms with Gasteiger partial charge in [-0.3, -0.25) is 14.6 Å². The molecule has 0 atom stereocenters. The number of hydrogen-bond donors (Lipinski definition) is 3. The van der Waals surface area contributed by atoms with Crippen LogP contribution in [0.1, 0.15) is 28.8 Å². The van der Waals surface area contributed by atoms with Crippen molar-refractivity contribution in [3.05, 3.63) is 62.6 Å². The number of carbonyl (C=O) groups excluding carboxylic acids is 1. The molecule has 1 aliphatic rings. The fourth-order valence-electron chi connectivity index (χ4n) is 3.47. The fraction of sp³-hybridized carbons (Fsp3) is 0.250. The van der Waals surface area contributed by atoms with Crippen LogP contribution in [-0.2, 0) is 0 Å². The van der Waals surface area contributed by atoms with E-state index in [0.29, 0.717) is 16.5 Å². The molecule has 3 N–H and O–H groups in total. The highest BCUT2D eigenvalue weighted by molar-refractivity contribution is 7.71. The van der Waals surface area contributed by atoms with E-state index in [4.69, 9.17) is 12.2 Å². The summed E-state index contributed by atoms with van der Waals surface area (Å²) >= 11 is 5.00. The van der Waals surface area contributed by atoms with Gasteiger partial charge in [-0.05, 0) is 73.9 Å². The van der Waals surface area contributed by atoms with Gasteiger partial charge in [0.2, 0.25) is 0 Å². The smallest absolute Gasteiger partial charge is 0.259 e. The first-order chi connectivity index (χ1) is 13.0. The van der Waals surface area contributed by atoms with Crippen molar-refractivity contribution in [2.24, 2.45) is 0 Å². The number of aryl methyl sites for hydroxylation is 1. The van der Waals surface area contributed by atoms with Crippen molar-refractivity contribution in [3.8, 4) is 0 Å². The van der Waals surface area contributed by atoms with Crippen LogP contribution in [0.2, 0.25) is 0 Å². The van der Waals surface area contributed by atoms with Crippen LogP contribution < -0.4 is 15.8 Å². The number of anilines is 2. The van der Waals surface area contributed by atoms with E-state index in [1.54, 1.807) is 18.2 Å². The molecule has 1 amide bonds. The molecule has 7 heteroatoms. The first-order valence-corrected chi connectivity index (χ1v) is 9.35. The van der Waals surface area contributed by atoms with Crippen LogP contribution in [0.15, 0.2) is 41.2 Å². The van der Waals surface area contributed by atoms with Gasteiger partial charge in [-0.2, -0.15) is 0 Å². The minimum Gasteiger partial charge on any atom is -0.372 e. The summed E-state index contributed by atoms with van der Waals surface area (Å²) in [7, 11) is 0. The predicted octanol–water partition coefficient (Wildman–Crippen LogP) is 3.75. The van der Waals surface area contributed by atoms with Gasteiger partial charge in [0.15, 0.2) is 4.77 Å². The van der Waals surface area contributed by atoms with Gasteiger partial charge in [0.05, 0.1) is 10.9 Å². The van der Waals surface area contributed by atoms with Gasteiger partial charge in [-0.25, -0.2) is 0 Å². The monoisotopic (exact) mass is 380 g/mol. The summed E-state index contributed by atoms with van der Waals surface area (Å²) in [4.78, 5) is 32.4. The second-order valence-corrected chi connectivity index (χ2v) is 7.22.